The minimum Gasteiger partial charge on any atom is -0.493 e. The number of nitrogens with zero attached hydrogens (tertiary/aromatic N) is 1. The van der Waals surface area contributed by atoms with E-state index >= 15 is 0 Å². The number of hydrogen-bond acceptors (Lipinski definition) is 6. The van der Waals surface area contributed by atoms with Crippen molar-refractivity contribution in [2.45, 2.75) is 19.0 Å². The molecule has 184 valence electrons. The molecule has 0 spiro atoms. The number of ether oxygens (including phenoxy) is 4. The molecule has 1 heterocycles. The number of fused-ring (bicyclic) bond motifs is 1. The maximum Gasteiger partial charge on any atom is 0.255 e. The van der Waals surface area contributed by atoms with Crippen LogP contribution < -0.4 is 24.3 Å². The Bertz CT molecular complexity index is 1180. The van der Waals surface area contributed by atoms with Crippen LogP contribution in [-0.4, -0.2) is 52.3 Å². The van der Waals surface area contributed by atoms with Crippen LogP contribution in [0.25, 0.3) is 0 Å². The Balaban J connectivity index is 1.46. The molecule has 1 atom stereocenters. The zero-order chi connectivity index (χ0) is 24.8. The van der Waals surface area contributed by atoms with E-state index in [4.69, 9.17) is 18.9 Å². The number of nitrogens with one attached hydrogen (secondary N) is 1. The van der Waals surface area contributed by atoms with E-state index in [0.29, 0.717) is 42.5 Å². The second kappa shape index (κ2) is 11.1. The molecule has 4 rings (SSSR count). The van der Waals surface area contributed by atoms with Gasteiger partial charge in [-0.25, -0.2) is 0 Å². The Morgan fingerprint density at radius 1 is 0.743 bits per heavy atom. The molecule has 1 aliphatic rings. The molecule has 0 radical (unpaired) electrons. The highest BCUT2D eigenvalue weighted by Gasteiger charge is 2.35. The molecule has 3 aromatic rings. The molecule has 1 amide bonds. The molecule has 3 aromatic carbocycles. The van der Waals surface area contributed by atoms with Gasteiger partial charge in [-0.05, 0) is 54.3 Å². The van der Waals surface area contributed by atoms with Crippen LogP contribution in [0.3, 0.4) is 0 Å². The predicted octanol–water partition coefficient (Wildman–Crippen LogP) is 4.25. The van der Waals surface area contributed by atoms with Gasteiger partial charge in [0.05, 0.1) is 28.4 Å². The minimum absolute atomic E-state index is 0.0460. The van der Waals surface area contributed by atoms with Crippen LogP contribution in [-0.2, 0) is 12.8 Å². The zero-order valence-corrected chi connectivity index (χ0v) is 20.7. The monoisotopic (exact) mass is 476 g/mol. The van der Waals surface area contributed by atoms with Gasteiger partial charge >= 0.3 is 0 Å². The lowest BCUT2D eigenvalue weighted by Crippen LogP contribution is -2.38. The molecule has 1 aliphatic heterocycles. The van der Waals surface area contributed by atoms with Crippen molar-refractivity contribution in [2.75, 3.05) is 41.5 Å². The van der Waals surface area contributed by atoms with Crippen LogP contribution in [0.15, 0.2) is 60.7 Å². The molecule has 7 heteroatoms. The maximum absolute atomic E-state index is 13.2. The van der Waals surface area contributed by atoms with Crippen molar-refractivity contribution in [3.63, 3.8) is 0 Å². The lowest BCUT2D eigenvalue weighted by molar-refractivity contribution is 0.0698. The number of carbonyl (C=O) groups is 1. The predicted molar refractivity (Wildman–Crippen MR) is 135 cm³/mol. The van der Waals surface area contributed by atoms with Gasteiger partial charge in [0, 0.05) is 24.2 Å². The van der Waals surface area contributed by atoms with Crippen molar-refractivity contribution in [3.8, 4) is 23.0 Å². The van der Waals surface area contributed by atoms with Crippen LogP contribution in [0.5, 0.6) is 23.0 Å². The smallest absolute Gasteiger partial charge is 0.255 e. The zero-order valence-electron chi connectivity index (χ0n) is 20.7. The summed E-state index contributed by atoms with van der Waals surface area (Å²) in [6.45, 7) is 1.28. The first-order valence-corrected chi connectivity index (χ1v) is 11.6. The van der Waals surface area contributed by atoms with Gasteiger partial charge in [0.15, 0.2) is 23.0 Å². The van der Waals surface area contributed by atoms with Crippen molar-refractivity contribution < 1.29 is 23.7 Å². The third-order valence-corrected chi connectivity index (χ3v) is 6.35. The number of rotatable bonds is 11. The van der Waals surface area contributed by atoms with Crippen LogP contribution in [0.2, 0.25) is 0 Å². The molecule has 0 saturated carbocycles. The van der Waals surface area contributed by atoms with Gasteiger partial charge in [-0.15, -0.1) is 0 Å². The number of hydrogen-bond donors (Lipinski definition) is 1. The molecule has 7 nitrogen and oxygen atoms in total. The van der Waals surface area contributed by atoms with Crippen molar-refractivity contribution in [1.29, 1.82) is 0 Å². The summed E-state index contributed by atoms with van der Waals surface area (Å²) >= 11 is 0. The lowest BCUT2D eigenvalue weighted by atomic mass is 10.1. The summed E-state index contributed by atoms with van der Waals surface area (Å²) in [5.41, 5.74) is 3.97. The summed E-state index contributed by atoms with van der Waals surface area (Å²) in [4.78, 5) is 15.2. The molecule has 35 heavy (non-hydrogen) atoms. The van der Waals surface area contributed by atoms with Gasteiger partial charge in [0.2, 0.25) is 0 Å². The summed E-state index contributed by atoms with van der Waals surface area (Å²) < 4.78 is 21.5. The molecule has 0 saturated heterocycles. The van der Waals surface area contributed by atoms with Crippen molar-refractivity contribution >= 4 is 5.91 Å². The van der Waals surface area contributed by atoms with Gasteiger partial charge in [0.25, 0.3) is 5.91 Å². The van der Waals surface area contributed by atoms with Crippen molar-refractivity contribution in [3.05, 3.63) is 82.9 Å². The van der Waals surface area contributed by atoms with Crippen LogP contribution in [0.1, 0.15) is 33.2 Å². The number of amides is 1. The van der Waals surface area contributed by atoms with E-state index in [1.54, 1.807) is 28.4 Å². The average Bonchev–Trinajstić information content (AvgIpc) is 3.17. The molecule has 1 N–H and O–H groups in total. The van der Waals surface area contributed by atoms with Gasteiger partial charge in [-0.1, -0.05) is 30.3 Å². The lowest BCUT2D eigenvalue weighted by Gasteiger charge is -2.26. The standard InChI is InChI=1S/C28H32N2O5/c1-32-23-11-9-19(17-25(23)34-3)13-15-29-27-21-7-5-6-8-22(21)28(31)30(27)16-14-20-10-12-24(33-2)26(18-20)35-4/h5-12,17-18,27,29H,13-16H2,1-4H3/t27-/m0/s1. The third kappa shape index (κ3) is 5.20. The van der Waals surface area contributed by atoms with E-state index in [1.807, 2.05) is 65.6 Å². The molecule has 0 fully saturated rings. The summed E-state index contributed by atoms with van der Waals surface area (Å²) in [6.07, 6.45) is 1.31. The van der Waals surface area contributed by atoms with E-state index in [9.17, 15) is 4.79 Å². The van der Waals surface area contributed by atoms with Gasteiger partial charge < -0.3 is 23.8 Å². The van der Waals surface area contributed by atoms with E-state index in [2.05, 4.69) is 5.32 Å². The molecule has 0 aliphatic carbocycles. The minimum atomic E-state index is -0.181. The second-order valence-corrected chi connectivity index (χ2v) is 8.32. The third-order valence-electron chi connectivity index (χ3n) is 6.35. The normalized spacial score (nSPS) is 14.6. The first-order chi connectivity index (χ1) is 17.1. The molecular formula is C28H32N2O5. The average molecular weight is 477 g/mol. The summed E-state index contributed by atoms with van der Waals surface area (Å²) in [7, 11) is 6.51. The quantitative estimate of drug-likeness (QED) is 0.446. The number of benzene rings is 3. The molecular weight excluding hydrogens is 444 g/mol. The largest absolute Gasteiger partial charge is 0.493 e. The Hall–Kier alpha value is -3.71. The Morgan fingerprint density at radius 3 is 1.91 bits per heavy atom. The molecule has 0 unspecified atom stereocenters. The van der Waals surface area contributed by atoms with Gasteiger partial charge in [-0.3, -0.25) is 10.1 Å². The van der Waals surface area contributed by atoms with Crippen LogP contribution in [0, 0.1) is 0 Å². The van der Waals surface area contributed by atoms with E-state index < -0.39 is 0 Å². The highest BCUT2D eigenvalue weighted by atomic mass is 16.5. The first kappa shape index (κ1) is 24.4. The number of methoxy groups -OCH3 is 4. The Kier molecular flexibility index (Phi) is 7.77. The Labute approximate surface area is 206 Å². The fourth-order valence-electron chi connectivity index (χ4n) is 4.50. The van der Waals surface area contributed by atoms with Crippen LogP contribution in [0.4, 0.5) is 0 Å². The van der Waals surface area contributed by atoms with E-state index in [-0.39, 0.29) is 12.1 Å². The summed E-state index contributed by atoms with van der Waals surface area (Å²) in [6, 6.07) is 19.6. The topological polar surface area (TPSA) is 69.3 Å². The SMILES string of the molecule is COc1ccc(CCN[C@@H]2c3ccccc3C(=O)N2CCc2ccc(OC)c(OC)c2)cc1OC. The van der Waals surface area contributed by atoms with Crippen molar-refractivity contribution in [2.24, 2.45) is 0 Å². The maximum atomic E-state index is 13.2. The summed E-state index contributed by atoms with van der Waals surface area (Å²) in [5.74, 6) is 2.84. The fraction of sp³-hybridized carbons (Fsp3) is 0.321. The van der Waals surface area contributed by atoms with Gasteiger partial charge in [-0.2, -0.15) is 0 Å². The Morgan fingerprint density at radius 2 is 1.31 bits per heavy atom. The molecule has 0 bridgehead atoms. The molecule has 0 aromatic heterocycles. The van der Waals surface area contributed by atoms with E-state index in [0.717, 1.165) is 28.7 Å². The van der Waals surface area contributed by atoms with Crippen LogP contribution >= 0.6 is 0 Å². The first-order valence-electron chi connectivity index (χ1n) is 11.6. The van der Waals surface area contributed by atoms with Crippen molar-refractivity contribution in [1.82, 2.24) is 10.2 Å². The second-order valence-electron chi connectivity index (χ2n) is 8.32. The highest BCUT2D eigenvalue weighted by molar-refractivity contribution is 5.99. The number of carbonyl (C=O) groups excluding carboxylic acids is 1. The summed E-state index contributed by atoms with van der Waals surface area (Å²) in [5, 5.41) is 3.60. The van der Waals surface area contributed by atoms with Gasteiger partial charge in [0.1, 0.15) is 6.17 Å². The fourth-order valence-corrected chi connectivity index (χ4v) is 4.50. The highest BCUT2D eigenvalue weighted by Crippen LogP contribution is 2.33. The van der Waals surface area contributed by atoms with E-state index in [1.165, 1.54) is 0 Å².